The second kappa shape index (κ2) is 18.0. The van der Waals surface area contributed by atoms with E-state index in [-0.39, 0.29) is 41.5 Å². The first-order chi connectivity index (χ1) is 33.5. The smallest absolute Gasteiger partial charge is 0.387 e. The van der Waals surface area contributed by atoms with Crippen LogP contribution in [0.1, 0.15) is 0 Å². The van der Waals surface area contributed by atoms with Crippen LogP contribution in [-0.4, -0.2) is 88.2 Å². The average Bonchev–Trinajstić information content (AvgIpc) is 3.42. The summed E-state index contributed by atoms with van der Waals surface area (Å²) in [6.45, 7) is 0. The third-order valence-corrected chi connectivity index (χ3v) is 49.3. The zero-order valence-corrected chi connectivity index (χ0v) is 44.6. The summed E-state index contributed by atoms with van der Waals surface area (Å²) in [7, 11) is -42.3. The van der Waals surface area contributed by atoms with Gasteiger partial charge in [0, 0.05) is 31.1 Å². The number of rotatable bonds is 8. The van der Waals surface area contributed by atoms with E-state index in [4.69, 9.17) is 37.0 Å². The van der Waals surface area contributed by atoms with Crippen molar-refractivity contribution >= 4 is 110 Å². The first-order valence-corrected chi connectivity index (χ1v) is 37.2. The topological polar surface area (TPSA) is 164 Å². The molecule has 8 aromatic rings. The van der Waals surface area contributed by atoms with Gasteiger partial charge in [-0.15, -0.1) is 0 Å². The Kier molecular flexibility index (Phi) is 12.1. The summed E-state index contributed by atoms with van der Waals surface area (Å²) in [5.41, 5.74) is 0. The fourth-order valence-corrected chi connectivity index (χ4v) is 58.2. The maximum atomic E-state index is 14.2. The Balaban J connectivity index is 1.40. The molecule has 3 aliphatic rings. The second-order valence-electron chi connectivity index (χ2n) is 16.5. The summed E-state index contributed by atoms with van der Waals surface area (Å²) in [4.78, 5) is 56.7. The molecule has 0 spiro atoms. The molecule has 69 heavy (non-hydrogen) atoms. The summed E-state index contributed by atoms with van der Waals surface area (Å²) < 4.78 is 68.8. The molecule has 4 unspecified atom stereocenters. The van der Waals surface area contributed by atoms with Crippen molar-refractivity contribution < 1.29 is 56.2 Å². The van der Waals surface area contributed by atoms with Crippen LogP contribution in [0, 0.1) is 0 Å². The van der Waals surface area contributed by atoms with Crippen LogP contribution in [0.25, 0.3) is 0 Å². The highest BCUT2D eigenvalue weighted by molar-refractivity contribution is 7.46. The highest BCUT2D eigenvalue weighted by Gasteiger charge is 2.84. The molecular weight excluding hydrogens is 1010 g/mol. The lowest BCUT2D eigenvalue weighted by Gasteiger charge is -2.53. The van der Waals surface area contributed by atoms with E-state index in [0.717, 1.165) is 0 Å². The van der Waals surface area contributed by atoms with Gasteiger partial charge >= 0.3 is 69.0 Å². The molecule has 11 rings (SSSR count). The van der Waals surface area contributed by atoms with Gasteiger partial charge in [0.1, 0.15) is 0 Å². The second-order valence-corrected chi connectivity index (χ2v) is 41.8. The highest BCUT2D eigenvalue weighted by Crippen LogP contribution is 2.43. The molecule has 13 nitrogen and oxygen atoms in total. The summed E-state index contributed by atoms with van der Waals surface area (Å²) in [5, 5.41) is 1.85. The molecule has 346 valence electrons. The molecule has 0 aliphatic carbocycles. The van der Waals surface area contributed by atoms with Crippen LogP contribution >= 0.6 is 0 Å². The van der Waals surface area contributed by atoms with Crippen molar-refractivity contribution in [2.75, 3.05) is 0 Å². The normalized spacial score (nSPS) is 32.3. The molecule has 3 saturated heterocycles. The van der Waals surface area contributed by atoms with Gasteiger partial charge in [-0.05, 0) is 10.4 Å². The Labute approximate surface area is 407 Å². The minimum atomic E-state index is -5.38. The van der Waals surface area contributed by atoms with Crippen LogP contribution < -0.4 is 41.5 Å². The van der Waals surface area contributed by atoms with Crippen molar-refractivity contribution in [1.82, 2.24) is 0 Å². The van der Waals surface area contributed by atoms with Gasteiger partial charge in [-0.3, -0.25) is 0 Å². The van der Waals surface area contributed by atoms with Gasteiger partial charge in [-0.2, -0.15) is 0 Å². The van der Waals surface area contributed by atoms with E-state index in [1.807, 2.05) is 0 Å². The van der Waals surface area contributed by atoms with E-state index in [1.54, 1.807) is 243 Å². The lowest BCUT2D eigenvalue weighted by atomic mass is 10.4. The first kappa shape index (κ1) is 46.4. The zero-order chi connectivity index (χ0) is 47.3. The van der Waals surface area contributed by atoms with Gasteiger partial charge in [0.15, 0.2) is 0 Å². The fourth-order valence-electron chi connectivity index (χ4n) is 8.84. The third-order valence-electron chi connectivity index (χ3n) is 12.0. The molecule has 4 bridgehead atoms. The SMILES string of the molecule is O[Si]1(c2ccccc2)O[Si]2(c3ccccc3)O[Si](O)(c3ccccc3)O[Si](c3ccccc3)(O1)[Si]1(c3ccccc3)O[Si](O)(c3ccccc3)O[Si](c3ccccc3)(O[Si](O)(c3ccccc3)O1)O2. The Morgan fingerprint density at radius 1 is 0.188 bits per heavy atom. The summed E-state index contributed by atoms with van der Waals surface area (Å²) in [5.74, 6) is 0. The molecule has 3 heterocycles. The number of hydrogen-bond acceptors (Lipinski definition) is 13. The lowest BCUT2D eigenvalue weighted by Crippen LogP contribution is -2.92. The molecule has 21 heteroatoms. The van der Waals surface area contributed by atoms with Crippen LogP contribution in [-0.2, 0) is 37.0 Å². The Morgan fingerprint density at radius 2 is 0.362 bits per heavy atom. The monoisotopic (exact) mass is 1050 g/mol. The van der Waals surface area contributed by atoms with Crippen molar-refractivity contribution in [3.63, 3.8) is 0 Å². The predicted molar refractivity (Wildman–Crippen MR) is 273 cm³/mol. The average molecular weight is 1050 g/mol. The third kappa shape index (κ3) is 8.10. The maximum absolute atomic E-state index is 14.2. The summed E-state index contributed by atoms with van der Waals surface area (Å²) in [6.07, 6.45) is 0. The molecule has 0 radical (unpaired) electrons. The van der Waals surface area contributed by atoms with Crippen molar-refractivity contribution in [2.24, 2.45) is 0 Å². The van der Waals surface area contributed by atoms with Gasteiger partial charge in [0.05, 0.1) is 0 Å². The minimum Gasteiger partial charge on any atom is -0.387 e. The van der Waals surface area contributed by atoms with Crippen molar-refractivity contribution in [1.29, 1.82) is 0 Å². The number of hydrogen-bond donors (Lipinski definition) is 4. The summed E-state index contributed by atoms with van der Waals surface area (Å²) >= 11 is 0. The van der Waals surface area contributed by atoms with E-state index in [0.29, 0.717) is 0 Å². The molecule has 3 fully saturated rings. The summed E-state index contributed by atoms with van der Waals surface area (Å²) in [6, 6.07) is 69.3. The fraction of sp³-hybridized carbons (Fsp3) is 0. The van der Waals surface area contributed by atoms with E-state index in [1.165, 1.54) is 0 Å². The van der Waals surface area contributed by atoms with Gasteiger partial charge in [-0.1, -0.05) is 243 Å². The molecule has 3 aliphatic heterocycles. The Hall–Kier alpha value is -5.02. The quantitative estimate of drug-likeness (QED) is 0.160. The molecule has 4 atom stereocenters. The Bertz CT molecular complexity index is 2710. The van der Waals surface area contributed by atoms with Crippen LogP contribution in [0.15, 0.2) is 243 Å². The van der Waals surface area contributed by atoms with Crippen LogP contribution in [0.4, 0.5) is 0 Å². The predicted octanol–water partition coefficient (Wildman–Crippen LogP) is 1.000. The van der Waals surface area contributed by atoms with E-state index in [9.17, 15) is 19.2 Å². The van der Waals surface area contributed by atoms with E-state index in [2.05, 4.69) is 0 Å². The number of fused-ring (bicyclic) bond motifs is 9. The number of benzene rings is 8. The molecule has 0 saturated carbocycles. The van der Waals surface area contributed by atoms with Crippen LogP contribution in [0.2, 0.25) is 0 Å². The molecule has 4 N–H and O–H groups in total. The largest absolute Gasteiger partial charge is 0.518 e. The standard InChI is InChI=1S/C48H44O13Si8/c49-62(41-25-9-1-10-26-41)53-66(45-33-17-5-18-34-45)54-63(50,42-27-11-2-12-28-42)58-68(57-62,47-37-21-7-22-38-47)69(48-39-23-8-24-40-48)59-64(51,43-29-13-3-14-30-43)55-67(61-66,46-35-19-6-20-36-46)56-65(52,60-69)44-31-15-4-16-32-44/h1-40,49-52H. The first-order valence-electron chi connectivity index (χ1n) is 22.1. The molecule has 0 aromatic heterocycles. The van der Waals surface area contributed by atoms with Gasteiger partial charge in [0.2, 0.25) is 0 Å². The molecular formula is C48H44O13Si8. The van der Waals surface area contributed by atoms with Gasteiger partial charge in [0.25, 0.3) is 0 Å². The van der Waals surface area contributed by atoms with Gasteiger partial charge < -0.3 is 56.2 Å². The molecule has 8 aromatic carbocycles. The lowest BCUT2D eigenvalue weighted by molar-refractivity contribution is 0.0997. The van der Waals surface area contributed by atoms with Gasteiger partial charge in [-0.25, -0.2) is 0 Å². The van der Waals surface area contributed by atoms with Crippen LogP contribution in [0.3, 0.4) is 0 Å². The van der Waals surface area contributed by atoms with E-state index >= 15 is 0 Å². The highest BCUT2D eigenvalue weighted by atomic mass is 29.3. The molecule has 0 amide bonds. The zero-order valence-electron chi connectivity index (χ0n) is 36.6. The van der Waals surface area contributed by atoms with Crippen LogP contribution in [0.5, 0.6) is 0 Å². The van der Waals surface area contributed by atoms with Crippen molar-refractivity contribution in [3.8, 4) is 0 Å². The van der Waals surface area contributed by atoms with Crippen molar-refractivity contribution in [2.45, 2.75) is 0 Å². The van der Waals surface area contributed by atoms with E-state index < -0.39 is 69.0 Å². The maximum Gasteiger partial charge on any atom is 0.518 e. The van der Waals surface area contributed by atoms with Crippen molar-refractivity contribution in [3.05, 3.63) is 243 Å². The Morgan fingerprint density at radius 3 is 0.565 bits per heavy atom. The minimum absolute atomic E-state index is 0.211.